The van der Waals surface area contributed by atoms with Gasteiger partial charge in [0.1, 0.15) is 8.07 Å². The van der Waals surface area contributed by atoms with E-state index in [-0.39, 0.29) is 0 Å². The maximum absolute atomic E-state index is 5.47. The van der Waals surface area contributed by atoms with E-state index in [2.05, 4.69) is 219 Å². The van der Waals surface area contributed by atoms with Crippen molar-refractivity contribution in [2.24, 2.45) is 0 Å². The fourth-order valence-electron chi connectivity index (χ4n) is 9.51. The molecular weight excluding hydrogens is 729 g/mol. The summed E-state index contributed by atoms with van der Waals surface area (Å²) < 4.78 is 0. The van der Waals surface area contributed by atoms with Gasteiger partial charge in [-0.05, 0) is 82.5 Å². The fraction of sp³-hybridized carbons (Fsp3) is 0.0357. The number of rotatable bonds is 6. The average Bonchev–Trinajstić information content (AvgIpc) is 3.54. The molecule has 0 amide bonds. The summed E-state index contributed by atoms with van der Waals surface area (Å²) in [7, 11) is -2.02. The largest absolute Gasteiger partial charge is 0.228 e. The van der Waals surface area contributed by atoms with E-state index in [0.717, 1.165) is 33.6 Å². The molecule has 0 N–H and O–H groups in total. The van der Waals surface area contributed by atoms with Crippen LogP contribution in [0, 0.1) is 0 Å². The Labute approximate surface area is 346 Å². The molecule has 10 aromatic rings. The molecule has 0 saturated carbocycles. The molecule has 3 heteroatoms. The molecule has 0 unspecified atom stereocenters. The van der Waals surface area contributed by atoms with Crippen LogP contribution in [0.3, 0.4) is 0 Å². The molecule has 0 radical (unpaired) electrons. The Kier molecular flexibility index (Phi) is 8.31. The summed E-state index contributed by atoms with van der Waals surface area (Å²) in [6.45, 7) is 5.03. The molecule has 1 aliphatic rings. The average molecular weight is 769 g/mol. The molecule has 1 aliphatic heterocycles. The lowest BCUT2D eigenvalue weighted by Crippen LogP contribution is -2.50. The van der Waals surface area contributed by atoms with Gasteiger partial charge in [-0.3, -0.25) is 0 Å². The second-order valence-corrected chi connectivity index (χ2v) is 20.4. The van der Waals surface area contributed by atoms with Crippen molar-refractivity contribution in [1.82, 2.24) is 9.97 Å². The Morgan fingerprint density at radius 1 is 0.322 bits per heavy atom. The highest BCUT2D eigenvalue weighted by Gasteiger charge is 2.39. The predicted octanol–water partition coefficient (Wildman–Crippen LogP) is 13.6. The first-order valence-electron chi connectivity index (χ1n) is 20.4. The van der Waals surface area contributed by atoms with Crippen LogP contribution in [0.5, 0.6) is 0 Å². The third kappa shape index (κ3) is 5.85. The van der Waals surface area contributed by atoms with Gasteiger partial charge in [-0.1, -0.05) is 213 Å². The van der Waals surface area contributed by atoms with Crippen molar-refractivity contribution in [3.8, 4) is 78.4 Å². The molecular formula is C56H40N2Si. The van der Waals surface area contributed by atoms with Crippen LogP contribution in [-0.4, -0.2) is 18.0 Å². The first kappa shape index (κ1) is 35.0. The summed E-state index contributed by atoms with van der Waals surface area (Å²) in [6, 6.07) is 74.6. The van der Waals surface area contributed by atoms with E-state index in [0.29, 0.717) is 5.82 Å². The van der Waals surface area contributed by atoms with Crippen LogP contribution in [0.4, 0.5) is 0 Å². The van der Waals surface area contributed by atoms with Gasteiger partial charge in [-0.2, -0.15) is 0 Å². The maximum Gasteiger partial charge on any atom is 0.160 e. The fourth-order valence-corrected chi connectivity index (χ4v) is 13.0. The number of aromatic nitrogens is 2. The van der Waals surface area contributed by atoms with Crippen molar-refractivity contribution in [2.45, 2.75) is 13.1 Å². The Morgan fingerprint density at radius 3 is 1.34 bits per heavy atom. The summed E-state index contributed by atoms with van der Waals surface area (Å²) in [6.07, 6.45) is 0. The van der Waals surface area contributed by atoms with E-state index in [1.54, 1.807) is 0 Å². The lowest BCUT2D eigenvalue weighted by Gasteiger charge is -2.25. The standard InChI is InChI=1S/C56H40N2Si/c1-59(2)52-27-14-13-20-43(52)48-25-15-26-49(55(48)59)53-44-21-9-11-23-46(44)54(47-24-12-10-22-45(47)53)51-36-50(41-32-28-39(29-33-41)37-16-5-3-6-17-37)57-56(58-51)42-34-30-40(31-35-42)38-18-7-4-8-19-38/h3-36H,1-2H3. The Morgan fingerprint density at radius 2 is 0.746 bits per heavy atom. The number of fused-ring (bicyclic) bond motifs is 5. The van der Waals surface area contributed by atoms with Gasteiger partial charge < -0.3 is 0 Å². The maximum atomic E-state index is 5.47. The zero-order valence-corrected chi connectivity index (χ0v) is 34.0. The minimum atomic E-state index is -2.02. The van der Waals surface area contributed by atoms with Gasteiger partial charge >= 0.3 is 0 Å². The van der Waals surface area contributed by atoms with Crippen molar-refractivity contribution in [1.29, 1.82) is 0 Å². The highest BCUT2D eigenvalue weighted by atomic mass is 28.3. The lowest BCUT2D eigenvalue weighted by atomic mass is 9.86. The molecule has 0 aliphatic carbocycles. The van der Waals surface area contributed by atoms with Gasteiger partial charge in [0.15, 0.2) is 5.82 Å². The van der Waals surface area contributed by atoms with E-state index in [9.17, 15) is 0 Å². The van der Waals surface area contributed by atoms with Crippen LogP contribution in [0.1, 0.15) is 0 Å². The lowest BCUT2D eigenvalue weighted by molar-refractivity contribution is 1.19. The smallest absolute Gasteiger partial charge is 0.160 e. The predicted molar refractivity (Wildman–Crippen MR) is 252 cm³/mol. The first-order chi connectivity index (χ1) is 29.0. The van der Waals surface area contributed by atoms with Crippen LogP contribution in [-0.2, 0) is 0 Å². The van der Waals surface area contributed by atoms with Crippen molar-refractivity contribution >= 4 is 40.0 Å². The molecule has 11 rings (SSSR count). The third-order valence-electron chi connectivity index (χ3n) is 12.3. The minimum Gasteiger partial charge on any atom is -0.228 e. The second-order valence-electron chi connectivity index (χ2n) is 16.1. The number of nitrogens with zero attached hydrogens (tertiary/aromatic N) is 2. The second kappa shape index (κ2) is 14.0. The Hall–Kier alpha value is -7.20. The number of hydrogen-bond donors (Lipinski definition) is 0. The molecule has 2 nitrogen and oxygen atoms in total. The van der Waals surface area contributed by atoms with Crippen LogP contribution in [0.15, 0.2) is 206 Å². The summed E-state index contributed by atoms with van der Waals surface area (Å²) in [5.74, 6) is 0.702. The Balaban J connectivity index is 1.14. The highest BCUT2D eigenvalue weighted by molar-refractivity contribution is 7.04. The Bertz CT molecular complexity index is 3050. The van der Waals surface area contributed by atoms with Crippen LogP contribution < -0.4 is 10.4 Å². The molecule has 0 spiro atoms. The van der Waals surface area contributed by atoms with Gasteiger partial charge in [-0.15, -0.1) is 0 Å². The van der Waals surface area contributed by atoms with Gasteiger partial charge in [0, 0.05) is 16.7 Å². The molecule has 2 heterocycles. The molecule has 0 fully saturated rings. The minimum absolute atomic E-state index is 0.702. The zero-order valence-electron chi connectivity index (χ0n) is 33.0. The van der Waals surface area contributed by atoms with Crippen molar-refractivity contribution in [3.05, 3.63) is 206 Å². The molecule has 1 aromatic heterocycles. The summed E-state index contributed by atoms with van der Waals surface area (Å²) in [5.41, 5.74) is 15.1. The first-order valence-corrected chi connectivity index (χ1v) is 23.4. The topological polar surface area (TPSA) is 25.8 Å². The van der Waals surface area contributed by atoms with Crippen molar-refractivity contribution < 1.29 is 0 Å². The highest BCUT2D eigenvalue weighted by Crippen LogP contribution is 2.45. The molecule has 9 aromatic carbocycles. The van der Waals surface area contributed by atoms with E-state index in [1.807, 2.05) is 0 Å². The van der Waals surface area contributed by atoms with Crippen LogP contribution >= 0.6 is 0 Å². The van der Waals surface area contributed by atoms with E-state index >= 15 is 0 Å². The van der Waals surface area contributed by atoms with Crippen molar-refractivity contribution in [2.75, 3.05) is 0 Å². The summed E-state index contributed by atoms with van der Waals surface area (Å²) >= 11 is 0. The van der Waals surface area contributed by atoms with E-state index in [1.165, 1.54) is 70.9 Å². The molecule has 59 heavy (non-hydrogen) atoms. The molecule has 278 valence electrons. The van der Waals surface area contributed by atoms with Gasteiger partial charge in [0.25, 0.3) is 0 Å². The van der Waals surface area contributed by atoms with Crippen LogP contribution in [0.25, 0.3) is 100.0 Å². The van der Waals surface area contributed by atoms with E-state index < -0.39 is 8.07 Å². The van der Waals surface area contributed by atoms with E-state index in [4.69, 9.17) is 9.97 Å². The molecule has 0 saturated heterocycles. The van der Waals surface area contributed by atoms with Gasteiger partial charge in [0.05, 0.1) is 11.4 Å². The third-order valence-corrected chi connectivity index (χ3v) is 15.9. The molecule has 0 bridgehead atoms. The van der Waals surface area contributed by atoms with Crippen molar-refractivity contribution in [3.63, 3.8) is 0 Å². The monoisotopic (exact) mass is 768 g/mol. The summed E-state index contributed by atoms with van der Waals surface area (Å²) in [5, 5.41) is 7.87. The van der Waals surface area contributed by atoms with Gasteiger partial charge in [-0.25, -0.2) is 9.97 Å². The number of hydrogen-bond acceptors (Lipinski definition) is 2. The zero-order chi connectivity index (χ0) is 39.5. The van der Waals surface area contributed by atoms with Gasteiger partial charge in [0.2, 0.25) is 0 Å². The normalized spacial score (nSPS) is 12.7. The summed E-state index contributed by atoms with van der Waals surface area (Å²) in [4.78, 5) is 10.8. The molecule has 0 atom stereocenters. The number of benzene rings is 9. The van der Waals surface area contributed by atoms with Crippen LogP contribution in [0.2, 0.25) is 13.1 Å². The SMILES string of the molecule is C[Si]1(C)c2ccccc2-c2cccc(-c3c4ccccc4c(-c4cc(-c5ccc(-c6ccccc6)cc5)nc(-c5ccc(-c6ccccc6)cc5)n4)c4ccccc34)c21. The quantitative estimate of drug-likeness (QED) is 0.124.